The maximum absolute atomic E-state index is 5.94. The molecule has 38 heavy (non-hydrogen) atoms. The van der Waals surface area contributed by atoms with Crippen molar-refractivity contribution in [1.29, 1.82) is 0 Å². The second-order valence-corrected chi connectivity index (χ2v) is 9.91. The van der Waals surface area contributed by atoms with Crippen LogP contribution in [0.2, 0.25) is 0 Å². The molecule has 5 rings (SSSR count). The van der Waals surface area contributed by atoms with Crippen molar-refractivity contribution < 1.29 is 4.74 Å². The predicted octanol–water partition coefficient (Wildman–Crippen LogP) is 6.52. The summed E-state index contributed by atoms with van der Waals surface area (Å²) in [6.45, 7) is 10.7. The highest BCUT2D eigenvalue weighted by Gasteiger charge is 2.43. The normalized spacial score (nSPS) is 17.0. The Balaban J connectivity index is 1.63. The van der Waals surface area contributed by atoms with Gasteiger partial charge in [0.05, 0.1) is 30.6 Å². The molecule has 196 valence electrons. The van der Waals surface area contributed by atoms with Crippen LogP contribution in [-0.2, 0) is 0 Å². The summed E-state index contributed by atoms with van der Waals surface area (Å²) < 4.78 is 8.09. The molecule has 7 heteroatoms. The molecule has 0 saturated carbocycles. The maximum Gasteiger partial charge on any atom is 0.174 e. The summed E-state index contributed by atoms with van der Waals surface area (Å²) in [7, 11) is 1.70. The number of benzene rings is 2. The first kappa shape index (κ1) is 25.8. The molecule has 1 fully saturated rings. The standard InChI is InChI=1S/C31H35N5OS/c1-6-34(7-2)23-15-17-24(18-16-23)35-21(3)20-25(22(35)4)30-29(26-12-10-11-19-32-26)33-31(38)36(30)27-13-8-9-14-28(27)37-5/h8-20,29-30H,6-7H2,1-5H3,(H,33,38)/t29-,30-/m1/s1. The van der Waals surface area contributed by atoms with Gasteiger partial charge in [-0.15, -0.1) is 0 Å². The van der Waals surface area contributed by atoms with Crippen molar-refractivity contribution in [2.45, 2.75) is 39.8 Å². The molecule has 0 bridgehead atoms. The number of nitrogens with zero attached hydrogens (tertiary/aromatic N) is 4. The minimum atomic E-state index is -0.118. The number of thiocarbonyl (C=S) groups is 1. The monoisotopic (exact) mass is 525 g/mol. The Kier molecular flexibility index (Phi) is 7.38. The van der Waals surface area contributed by atoms with Crippen LogP contribution in [0.3, 0.4) is 0 Å². The van der Waals surface area contributed by atoms with Gasteiger partial charge in [0, 0.05) is 42.0 Å². The lowest BCUT2D eigenvalue weighted by Gasteiger charge is -2.29. The van der Waals surface area contributed by atoms with E-state index in [2.05, 4.69) is 89.8 Å². The summed E-state index contributed by atoms with van der Waals surface area (Å²) in [5, 5.41) is 4.23. The van der Waals surface area contributed by atoms with Crippen LogP contribution in [0.15, 0.2) is 79.0 Å². The van der Waals surface area contributed by atoms with E-state index >= 15 is 0 Å². The molecule has 1 aliphatic heterocycles. The van der Waals surface area contributed by atoms with Gasteiger partial charge in [0.15, 0.2) is 5.11 Å². The average molecular weight is 526 g/mol. The molecule has 1 N–H and O–H groups in total. The summed E-state index contributed by atoms with van der Waals surface area (Å²) >= 11 is 5.94. The van der Waals surface area contributed by atoms with E-state index in [1.54, 1.807) is 7.11 Å². The number of pyridine rings is 1. The fourth-order valence-corrected chi connectivity index (χ4v) is 5.98. The Hall–Kier alpha value is -3.84. The summed E-state index contributed by atoms with van der Waals surface area (Å²) in [5.74, 6) is 0.782. The molecule has 0 unspecified atom stereocenters. The third-order valence-corrected chi connectivity index (χ3v) is 7.78. The molecule has 4 aromatic rings. The summed E-state index contributed by atoms with van der Waals surface area (Å²) in [6, 6.07) is 25.0. The fourth-order valence-electron chi connectivity index (χ4n) is 5.64. The predicted molar refractivity (Wildman–Crippen MR) is 160 cm³/mol. The van der Waals surface area contributed by atoms with Crippen molar-refractivity contribution >= 4 is 28.7 Å². The van der Waals surface area contributed by atoms with Crippen LogP contribution in [0.5, 0.6) is 5.75 Å². The maximum atomic E-state index is 5.94. The zero-order chi connectivity index (χ0) is 26.8. The van der Waals surface area contributed by atoms with E-state index in [1.165, 1.54) is 22.6 Å². The highest BCUT2D eigenvalue weighted by Crippen LogP contribution is 2.46. The molecule has 0 radical (unpaired) electrons. The first-order valence-corrected chi connectivity index (χ1v) is 13.6. The SMILES string of the molecule is CCN(CC)c1ccc(-n2c(C)cc([C@@H]3[C@@H](c4ccccn4)NC(=S)N3c3ccccc3OC)c2C)cc1. The second kappa shape index (κ2) is 10.9. The Labute approximate surface area is 230 Å². The van der Waals surface area contributed by atoms with E-state index < -0.39 is 0 Å². The van der Waals surface area contributed by atoms with E-state index in [4.69, 9.17) is 21.9 Å². The van der Waals surface area contributed by atoms with Crippen LogP contribution in [0, 0.1) is 13.8 Å². The topological polar surface area (TPSA) is 45.6 Å². The van der Waals surface area contributed by atoms with E-state index in [0.717, 1.165) is 35.9 Å². The van der Waals surface area contributed by atoms with Crippen molar-refractivity contribution in [3.8, 4) is 11.4 Å². The van der Waals surface area contributed by atoms with Gasteiger partial charge >= 0.3 is 0 Å². The van der Waals surface area contributed by atoms with Gasteiger partial charge in [0.1, 0.15) is 5.75 Å². The lowest BCUT2D eigenvalue weighted by molar-refractivity contribution is 0.414. The number of ether oxygens (including phenoxy) is 1. The summed E-state index contributed by atoms with van der Waals surface area (Å²) in [4.78, 5) is 9.25. The van der Waals surface area contributed by atoms with E-state index in [-0.39, 0.29) is 12.1 Å². The molecule has 0 amide bonds. The van der Waals surface area contributed by atoms with Gasteiger partial charge in [0.25, 0.3) is 0 Å². The number of para-hydroxylation sites is 2. The zero-order valence-electron chi connectivity index (χ0n) is 22.7. The van der Waals surface area contributed by atoms with Gasteiger partial charge in [0.2, 0.25) is 0 Å². The fraction of sp³-hybridized carbons (Fsp3) is 0.290. The van der Waals surface area contributed by atoms with Gasteiger partial charge in [-0.05, 0) is 100 Å². The summed E-state index contributed by atoms with van der Waals surface area (Å²) in [5.41, 5.74) is 7.82. The minimum absolute atomic E-state index is 0.108. The lowest BCUT2D eigenvalue weighted by atomic mass is 9.96. The zero-order valence-corrected chi connectivity index (χ0v) is 23.5. The molecular weight excluding hydrogens is 490 g/mol. The van der Waals surface area contributed by atoms with E-state index in [9.17, 15) is 0 Å². The largest absolute Gasteiger partial charge is 0.495 e. The van der Waals surface area contributed by atoms with Gasteiger partial charge in [-0.1, -0.05) is 18.2 Å². The smallest absolute Gasteiger partial charge is 0.174 e. The molecule has 1 aliphatic rings. The number of aryl methyl sites for hydroxylation is 1. The van der Waals surface area contributed by atoms with E-state index in [0.29, 0.717) is 5.11 Å². The van der Waals surface area contributed by atoms with Crippen molar-refractivity contribution in [3.63, 3.8) is 0 Å². The third kappa shape index (κ3) is 4.52. The molecule has 2 atom stereocenters. The highest BCUT2D eigenvalue weighted by molar-refractivity contribution is 7.80. The number of methoxy groups -OCH3 is 1. The molecule has 2 aromatic carbocycles. The number of anilines is 2. The molecule has 6 nitrogen and oxygen atoms in total. The van der Waals surface area contributed by atoms with Crippen LogP contribution in [0.4, 0.5) is 11.4 Å². The molecular formula is C31H35N5OS. The Morgan fingerprint density at radius 3 is 2.34 bits per heavy atom. The van der Waals surface area contributed by atoms with Crippen molar-refractivity contribution in [1.82, 2.24) is 14.9 Å². The third-order valence-electron chi connectivity index (χ3n) is 7.47. The first-order valence-electron chi connectivity index (χ1n) is 13.2. The number of hydrogen-bond acceptors (Lipinski definition) is 4. The molecule has 2 aromatic heterocycles. The first-order chi connectivity index (χ1) is 18.5. The van der Waals surface area contributed by atoms with Crippen molar-refractivity contribution in [2.24, 2.45) is 0 Å². The number of rotatable bonds is 8. The van der Waals surface area contributed by atoms with Crippen LogP contribution in [0.25, 0.3) is 5.69 Å². The van der Waals surface area contributed by atoms with Crippen molar-refractivity contribution in [3.05, 3.63) is 102 Å². The second-order valence-electron chi connectivity index (χ2n) is 9.52. The van der Waals surface area contributed by atoms with Gasteiger partial charge in [-0.3, -0.25) is 4.98 Å². The molecule has 1 saturated heterocycles. The number of aromatic nitrogens is 2. The van der Waals surface area contributed by atoms with Crippen LogP contribution in [0.1, 0.15) is 48.6 Å². The quantitative estimate of drug-likeness (QED) is 0.264. The number of nitrogens with one attached hydrogen (secondary N) is 1. The lowest BCUT2D eigenvalue weighted by Crippen LogP contribution is -2.30. The molecule has 3 heterocycles. The highest BCUT2D eigenvalue weighted by atomic mass is 32.1. The van der Waals surface area contributed by atoms with Crippen LogP contribution >= 0.6 is 12.2 Å². The average Bonchev–Trinajstić information content (AvgIpc) is 3.44. The van der Waals surface area contributed by atoms with Gasteiger partial charge in [-0.25, -0.2) is 0 Å². The van der Waals surface area contributed by atoms with Crippen molar-refractivity contribution in [2.75, 3.05) is 30.0 Å². The van der Waals surface area contributed by atoms with Gasteiger partial charge < -0.3 is 24.4 Å². The molecule has 0 aliphatic carbocycles. The van der Waals surface area contributed by atoms with Crippen LogP contribution in [-0.4, -0.2) is 34.9 Å². The minimum Gasteiger partial charge on any atom is -0.495 e. The van der Waals surface area contributed by atoms with Gasteiger partial charge in [-0.2, -0.15) is 0 Å². The Morgan fingerprint density at radius 2 is 1.68 bits per heavy atom. The van der Waals surface area contributed by atoms with E-state index in [1.807, 2.05) is 36.5 Å². The number of hydrogen-bond donors (Lipinski definition) is 1. The van der Waals surface area contributed by atoms with Crippen LogP contribution < -0.4 is 19.9 Å². The Morgan fingerprint density at radius 1 is 0.974 bits per heavy atom. The Bertz CT molecular complexity index is 1410. The summed E-state index contributed by atoms with van der Waals surface area (Å²) in [6.07, 6.45) is 1.84. The molecule has 0 spiro atoms.